The third-order valence-corrected chi connectivity index (χ3v) is 6.41. The number of hydrogen-bond donors (Lipinski definition) is 1. The van der Waals surface area contributed by atoms with Crippen LogP contribution in [0.2, 0.25) is 0 Å². The Labute approximate surface area is 215 Å². The fraction of sp³-hybridized carbons (Fsp3) is 0.333. The number of aliphatic carboxylic acids is 1. The van der Waals surface area contributed by atoms with E-state index in [1.807, 2.05) is 24.3 Å². The first kappa shape index (κ1) is 26.5. The molecule has 194 valence electrons. The molecule has 0 bridgehead atoms. The molecule has 0 spiro atoms. The van der Waals surface area contributed by atoms with Gasteiger partial charge in [-0.2, -0.15) is 0 Å². The predicted molar refractivity (Wildman–Crippen MR) is 143 cm³/mol. The van der Waals surface area contributed by atoms with Gasteiger partial charge in [0, 0.05) is 36.4 Å². The van der Waals surface area contributed by atoms with E-state index >= 15 is 0 Å². The lowest BCUT2D eigenvalue weighted by Gasteiger charge is -2.30. The van der Waals surface area contributed by atoms with Gasteiger partial charge in [0.15, 0.2) is 6.10 Å². The van der Waals surface area contributed by atoms with Crippen molar-refractivity contribution in [2.45, 2.75) is 52.2 Å². The summed E-state index contributed by atoms with van der Waals surface area (Å²) in [6.45, 7) is 7.33. The number of ether oxygens (including phenoxy) is 2. The summed E-state index contributed by atoms with van der Waals surface area (Å²) in [5.74, 6) is -0.533. The Morgan fingerprint density at radius 1 is 1.14 bits per heavy atom. The van der Waals surface area contributed by atoms with Crippen molar-refractivity contribution in [3.63, 3.8) is 0 Å². The SMILES string of the molecule is C/N=C\C=C1\CCOc2ccc(-c3c([C@H](OC(C)(C)C)C(=O)O)c(C)c(C(F)F)c4ccccc34)cc21. The van der Waals surface area contributed by atoms with Crippen LogP contribution in [0.3, 0.4) is 0 Å². The number of carboxylic acids is 1. The molecule has 0 saturated heterocycles. The van der Waals surface area contributed by atoms with E-state index in [1.165, 1.54) is 0 Å². The lowest BCUT2D eigenvalue weighted by Crippen LogP contribution is -2.28. The lowest BCUT2D eigenvalue weighted by molar-refractivity contribution is -0.160. The molecule has 1 aliphatic rings. The van der Waals surface area contributed by atoms with Crippen LogP contribution in [0.5, 0.6) is 5.75 Å². The molecular formula is C30H31F2NO4. The number of benzene rings is 3. The summed E-state index contributed by atoms with van der Waals surface area (Å²) in [7, 11) is 1.70. The molecule has 1 atom stereocenters. The number of aliphatic imine (C=N–C) groups is 1. The van der Waals surface area contributed by atoms with Gasteiger partial charge in [-0.3, -0.25) is 4.99 Å². The van der Waals surface area contributed by atoms with E-state index < -0.39 is 24.1 Å². The van der Waals surface area contributed by atoms with Crippen LogP contribution in [-0.2, 0) is 9.53 Å². The van der Waals surface area contributed by atoms with Crippen molar-refractivity contribution in [3.05, 3.63) is 70.8 Å². The minimum absolute atomic E-state index is 0.181. The third-order valence-electron chi connectivity index (χ3n) is 6.41. The highest BCUT2D eigenvalue weighted by atomic mass is 19.3. The highest BCUT2D eigenvalue weighted by Crippen LogP contribution is 2.46. The van der Waals surface area contributed by atoms with Crippen LogP contribution < -0.4 is 4.74 Å². The van der Waals surface area contributed by atoms with Gasteiger partial charge in [0.1, 0.15) is 5.75 Å². The molecule has 0 aliphatic carbocycles. The van der Waals surface area contributed by atoms with Crippen LogP contribution in [0.15, 0.2) is 53.5 Å². The van der Waals surface area contributed by atoms with Gasteiger partial charge in [0.2, 0.25) is 0 Å². The zero-order chi connectivity index (χ0) is 26.9. The molecule has 7 heteroatoms. The van der Waals surface area contributed by atoms with Crippen molar-refractivity contribution < 1.29 is 28.2 Å². The molecule has 0 unspecified atom stereocenters. The van der Waals surface area contributed by atoms with Crippen molar-refractivity contribution in [2.24, 2.45) is 4.99 Å². The number of fused-ring (bicyclic) bond motifs is 2. The number of rotatable bonds is 6. The standard InChI is InChI=1S/C30H31F2NO4/c1-17-24(28(31)32)20-8-6-7-9-21(20)26(25(17)27(29(34)35)37-30(2,3)4)19-10-11-23-22(16-19)18(12-14-33-5)13-15-36-23/h6-12,14,16,27-28H,13,15H2,1-5H3,(H,34,35)/b18-12-,33-14-/t27-/m0/s1. The molecule has 37 heavy (non-hydrogen) atoms. The molecule has 0 fully saturated rings. The maximum Gasteiger partial charge on any atom is 0.337 e. The summed E-state index contributed by atoms with van der Waals surface area (Å²) in [5.41, 5.74) is 2.58. The Balaban J connectivity index is 2.11. The summed E-state index contributed by atoms with van der Waals surface area (Å²) in [6, 6.07) is 12.5. The van der Waals surface area contributed by atoms with Crippen LogP contribution >= 0.6 is 0 Å². The maximum absolute atomic E-state index is 14.4. The minimum Gasteiger partial charge on any atom is -0.493 e. The third kappa shape index (κ3) is 5.27. The van der Waals surface area contributed by atoms with Gasteiger partial charge in [-0.25, -0.2) is 13.6 Å². The van der Waals surface area contributed by atoms with E-state index in [0.29, 0.717) is 40.7 Å². The molecule has 1 aliphatic heterocycles. The first-order chi connectivity index (χ1) is 17.5. The van der Waals surface area contributed by atoms with Crippen LogP contribution in [-0.4, -0.2) is 36.5 Å². The largest absolute Gasteiger partial charge is 0.493 e. The zero-order valence-corrected chi connectivity index (χ0v) is 21.6. The lowest BCUT2D eigenvalue weighted by atomic mass is 9.83. The summed E-state index contributed by atoms with van der Waals surface area (Å²) >= 11 is 0. The van der Waals surface area contributed by atoms with Gasteiger partial charge in [0.25, 0.3) is 6.43 Å². The van der Waals surface area contributed by atoms with Crippen molar-refractivity contribution in [1.29, 1.82) is 0 Å². The van der Waals surface area contributed by atoms with Gasteiger partial charge in [-0.05, 0) is 78.9 Å². The van der Waals surface area contributed by atoms with Gasteiger partial charge >= 0.3 is 5.97 Å². The van der Waals surface area contributed by atoms with E-state index in [4.69, 9.17) is 9.47 Å². The highest BCUT2D eigenvalue weighted by Gasteiger charge is 2.34. The van der Waals surface area contributed by atoms with Crippen molar-refractivity contribution in [3.8, 4) is 16.9 Å². The smallest absolute Gasteiger partial charge is 0.337 e. The van der Waals surface area contributed by atoms with E-state index in [2.05, 4.69) is 4.99 Å². The van der Waals surface area contributed by atoms with Crippen LogP contribution in [0.4, 0.5) is 8.78 Å². The normalized spacial score (nSPS) is 15.8. The number of allylic oxidation sites excluding steroid dienone is 1. The summed E-state index contributed by atoms with van der Waals surface area (Å²) in [4.78, 5) is 16.6. The maximum atomic E-state index is 14.4. The molecule has 3 aromatic rings. The van der Waals surface area contributed by atoms with E-state index in [0.717, 1.165) is 11.1 Å². The fourth-order valence-electron chi connectivity index (χ4n) is 4.93. The molecule has 0 aromatic heterocycles. The number of hydrogen-bond acceptors (Lipinski definition) is 4. The Morgan fingerprint density at radius 3 is 2.46 bits per heavy atom. The average Bonchev–Trinajstić information content (AvgIpc) is 2.84. The highest BCUT2D eigenvalue weighted by molar-refractivity contribution is 6.03. The zero-order valence-electron chi connectivity index (χ0n) is 21.6. The second kappa shape index (κ2) is 10.4. The monoisotopic (exact) mass is 507 g/mol. The Morgan fingerprint density at radius 2 is 1.84 bits per heavy atom. The van der Waals surface area contributed by atoms with Gasteiger partial charge in [-0.15, -0.1) is 0 Å². The topological polar surface area (TPSA) is 68.1 Å². The Hall–Kier alpha value is -3.58. The van der Waals surface area contributed by atoms with E-state index in [-0.39, 0.29) is 16.7 Å². The number of halogens is 2. The van der Waals surface area contributed by atoms with Crippen molar-refractivity contribution in [1.82, 2.24) is 0 Å². The number of carbonyl (C=O) groups is 1. The molecule has 4 rings (SSSR count). The number of carboxylic acid groups (broad SMARTS) is 1. The molecule has 1 heterocycles. The minimum atomic E-state index is -2.79. The van der Waals surface area contributed by atoms with E-state index in [9.17, 15) is 18.7 Å². The predicted octanol–water partition coefficient (Wildman–Crippen LogP) is 7.56. The van der Waals surface area contributed by atoms with Gasteiger partial charge < -0.3 is 14.6 Å². The van der Waals surface area contributed by atoms with Crippen molar-refractivity contribution >= 4 is 28.5 Å². The number of alkyl halides is 2. The Bertz CT molecular complexity index is 1400. The first-order valence-electron chi connectivity index (χ1n) is 12.2. The summed E-state index contributed by atoms with van der Waals surface area (Å²) in [5, 5.41) is 11.2. The quantitative estimate of drug-likeness (QED) is 0.350. The van der Waals surface area contributed by atoms with Gasteiger partial charge in [0.05, 0.1) is 12.2 Å². The average molecular weight is 508 g/mol. The van der Waals surface area contributed by atoms with Crippen molar-refractivity contribution in [2.75, 3.05) is 13.7 Å². The number of nitrogens with zero attached hydrogens (tertiary/aromatic N) is 1. The second-order valence-electron chi connectivity index (χ2n) is 10.0. The molecular weight excluding hydrogens is 476 g/mol. The molecule has 0 amide bonds. The van der Waals surface area contributed by atoms with Crippen LogP contribution in [0.25, 0.3) is 27.5 Å². The molecule has 5 nitrogen and oxygen atoms in total. The second-order valence-corrected chi connectivity index (χ2v) is 10.0. The summed E-state index contributed by atoms with van der Waals surface area (Å²) in [6.07, 6.45) is 0.0905. The van der Waals surface area contributed by atoms with E-state index in [1.54, 1.807) is 65.2 Å². The first-order valence-corrected chi connectivity index (χ1v) is 12.2. The molecule has 1 N–H and O–H groups in total. The van der Waals surface area contributed by atoms with Crippen LogP contribution in [0.1, 0.15) is 62.0 Å². The van der Waals surface area contributed by atoms with Crippen LogP contribution in [0, 0.1) is 6.92 Å². The van der Waals surface area contributed by atoms with Gasteiger partial charge in [-0.1, -0.05) is 30.3 Å². The fourth-order valence-corrected chi connectivity index (χ4v) is 4.93. The summed E-state index contributed by atoms with van der Waals surface area (Å²) < 4.78 is 40.8. The Kier molecular flexibility index (Phi) is 7.46. The molecule has 3 aromatic carbocycles. The molecule has 0 radical (unpaired) electrons. The molecule has 0 saturated carbocycles.